The van der Waals surface area contributed by atoms with Crippen LogP contribution in [-0.2, 0) is 4.79 Å². The molecule has 1 atom stereocenters. The Labute approximate surface area is 147 Å². The van der Waals surface area contributed by atoms with E-state index in [1.165, 1.54) is 11.8 Å². The Morgan fingerprint density at radius 1 is 1.17 bits per heavy atom. The zero-order valence-corrected chi connectivity index (χ0v) is 14.9. The predicted octanol–water partition coefficient (Wildman–Crippen LogP) is 4.34. The normalized spacial score (nSPS) is 14.2. The fraction of sp³-hybridized carbons (Fsp3) is 0.235. The third-order valence-electron chi connectivity index (χ3n) is 3.32. The van der Waals surface area contributed by atoms with Gasteiger partial charge in [0, 0.05) is 21.5 Å². The average molecular weight is 394 g/mol. The minimum Gasteiger partial charge on any atom is -0.486 e. The molecule has 0 spiro atoms. The molecule has 120 valence electrons. The lowest BCUT2D eigenvalue weighted by Crippen LogP contribution is -2.23. The number of rotatable bonds is 4. The lowest BCUT2D eigenvalue weighted by atomic mass is 10.2. The number of hydrogen-bond donors (Lipinski definition) is 1. The summed E-state index contributed by atoms with van der Waals surface area (Å²) in [6.45, 7) is 2.94. The first-order chi connectivity index (χ1) is 11.1. The van der Waals surface area contributed by atoms with Gasteiger partial charge in [-0.3, -0.25) is 4.79 Å². The van der Waals surface area contributed by atoms with Crippen molar-refractivity contribution < 1.29 is 14.3 Å². The molecule has 3 rings (SSSR count). The molecule has 1 amide bonds. The van der Waals surface area contributed by atoms with Crippen LogP contribution >= 0.6 is 27.7 Å². The predicted molar refractivity (Wildman–Crippen MR) is 95.5 cm³/mol. The number of fused-ring (bicyclic) bond motifs is 1. The van der Waals surface area contributed by atoms with E-state index >= 15 is 0 Å². The van der Waals surface area contributed by atoms with Crippen LogP contribution in [0.25, 0.3) is 0 Å². The first-order valence-corrected chi connectivity index (χ1v) is 8.92. The van der Waals surface area contributed by atoms with Crippen LogP contribution in [0.4, 0.5) is 5.69 Å². The van der Waals surface area contributed by atoms with Crippen LogP contribution in [0.5, 0.6) is 11.5 Å². The monoisotopic (exact) mass is 393 g/mol. The molecule has 23 heavy (non-hydrogen) atoms. The summed E-state index contributed by atoms with van der Waals surface area (Å²) in [4.78, 5) is 13.5. The van der Waals surface area contributed by atoms with Gasteiger partial charge in [0.25, 0.3) is 0 Å². The second-order valence-corrected chi connectivity index (χ2v) is 7.31. The van der Waals surface area contributed by atoms with Crippen molar-refractivity contribution in [2.24, 2.45) is 0 Å². The molecule has 4 nitrogen and oxygen atoms in total. The number of ether oxygens (including phenoxy) is 2. The molecule has 0 fully saturated rings. The van der Waals surface area contributed by atoms with Crippen molar-refractivity contribution in [3.8, 4) is 11.5 Å². The summed E-state index contributed by atoms with van der Waals surface area (Å²) in [6.07, 6.45) is 0. The summed E-state index contributed by atoms with van der Waals surface area (Å²) in [7, 11) is 0. The van der Waals surface area contributed by atoms with Crippen LogP contribution in [0.3, 0.4) is 0 Å². The molecule has 1 unspecified atom stereocenters. The highest BCUT2D eigenvalue weighted by Gasteiger charge is 2.19. The van der Waals surface area contributed by atoms with Crippen LogP contribution in [0.1, 0.15) is 6.92 Å². The number of halogens is 1. The Kier molecular flexibility index (Phi) is 5.13. The number of benzene rings is 2. The largest absolute Gasteiger partial charge is 0.486 e. The van der Waals surface area contributed by atoms with Gasteiger partial charge in [-0.15, -0.1) is 11.8 Å². The van der Waals surface area contributed by atoms with Gasteiger partial charge in [-0.1, -0.05) is 18.2 Å². The van der Waals surface area contributed by atoms with E-state index in [2.05, 4.69) is 21.2 Å². The van der Waals surface area contributed by atoms with E-state index in [-0.39, 0.29) is 11.2 Å². The van der Waals surface area contributed by atoms with Crippen LogP contribution < -0.4 is 14.8 Å². The standard InChI is InChI=1S/C17H16BrNO3S/c1-11(23-12-5-3-2-4-6-12)17(20)19-14-10-16-15(9-13(14)18)21-7-8-22-16/h2-6,9-11H,7-8H2,1H3,(H,19,20). The first-order valence-electron chi connectivity index (χ1n) is 7.25. The third-order valence-corrected chi connectivity index (χ3v) is 5.08. The van der Waals surface area contributed by atoms with E-state index in [0.29, 0.717) is 30.4 Å². The van der Waals surface area contributed by atoms with Crippen LogP contribution in [-0.4, -0.2) is 24.4 Å². The summed E-state index contributed by atoms with van der Waals surface area (Å²) in [5, 5.41) is 2.73. The zero-order chi connectivity index (χ0) is 16.2. The number of amides is 1. The van der Waals surface area contributed by atoms with Gasteiger partial charge >= 0.3 is 0 Å². The van der Waals surface area contributed by atoms with E-state index in [1.807, 2.05) is 43.3 Å². The van der Waals surface area contributed by atoms with Crippen molar-refractivity contribution >= 4 is 39.3 Å². The number of carbonyl (C=O) groups is 1. The van der Waals surface area contributed by atoms with Gasteiger partial charge in [-0.25, -0.2) is 0 Å². The lowest BCUT2D eigenvalue weighted by Gasteiger charge is -2.20. The Morgan fingerprint density at radius 2 is 1.83 bits per heavy atom. The van der Waals surface area contributed by atoms with E-state index in [9.17, 15) is 4.79 Å². The molecule has 0 saturated carbocycles. The molecular weight excluding hydrogens is 378 g/mol. The SMILES string of the molecule is CC(Sc1ccccc1)C(=O)Nc1cc2c(cc1Br)OCCO2. The van der Waals surface area contributed by atoms with Gasteiger partial charge in [-0.2, -0.15) is 0 Å². The zero-order valence-electron chi connectivity index (χ0n) is 12.5. The second kappa shape index (κ2) is 7.27. The van der Waals surface area contributed by atoms with Crippen LogP contribution in [0.2, 0.25) is 0 Å². The molecule has 2 aromatic carbocycles. The van der Waals surface area contributed by atoms with Crippen molar-refractivity contribution in [1.82, 2.24) is 0 Å². The molecular formula is C17H16BrNO3S. The van der Waals surface area contributed by atoms with E-state index in [1.54, 1.807) is 6.07 Å². The highest BCUT2D eigenvalue weighted by Crippen LogP contribution is 2.38. The van der Waals surface area contributed by atoms with Crippen molar-refractivity contribution in [1.29, 1.82) is 0 Å². The first kappa shape index (κ1) is 16.2. The Morgan fingerprint density at radius 3 is 2.52 bits per heavy atom. The van der Waals surface area contributed by atoms with Crippen LogP contribution in [0, 0.1) is 0 Å². The minimum atomic E-state index is -0.211. The fourth-order valence-corrected chi connectivity index (χ4v) is 3.46. The topological polar surface area (TPSA) is 47.6 Å². The molecule has 0 aromatic heterocycles. The third kappa shape index (κ3) is 4.00. The maximum atomic E-state index is 12.4. The number of thioether (sulfide) groups is 1. The Hall–Kier alpha value is -1.66. The highest BCUT2D eigenvalue weighted by molar-refractivity contribution is 9.10. The molecule has 0 bridgehead atoms. The van der Waals surface area contributed by atoms with Gasteiger partial charge in [0.15, 0.2) is 11.5 Å². The molecule has 1 N–H and O–H groups in total. The summed E-state index contributed by atoms with van der Waals surface area (Å²) >= 11 is 4.99. The van der Waals surface area contributed by atoms with Gasteiger partial charge in [0.05, 0.1) is 10.9 Å². The Bertz CT molecular complexity index is 708. The highest BCUT2D eigenvalue weighted by atomic mass is 79.9. The number of nitrogens with one attached hydrogen (secondary N) is 1. The second-order valence-electron chi connectivity index (χ2n) is 5.04. The molecule has 1 heterocycles. The maximum absolute atomic E-state index is 12.4. The molecule has 0 radical (unpaired) electrons. The van der Waals surface area contributed by atoms with Gasteiger partial charge in [-0.05, 0) is 35.0 Å². The van der Waals surface area contributed by atoms with Crippen molar-refractivity contribution in [3.05, 3.63) is 46.9 Å². The van der Waals surface area contributed by atoms with E-state index < -0.39 is 0 Å². The summed E-state index contributed by atoms with van der Waals surface area (Å²) < 4.78 is 11.8. The lowest BCUT2D eigenvalue weighted by molar-refractivity contribution is -0.115. The number of carbonyl (C=O) groups excluding carboxylic acids is 1. The maximum Gasteiger partial charge on any atom is 0.237 e. The average Bonchev–Trinajstić information content (AvgIpc) is 2.56. The molecule has 0 saturated heterocycles. The van der Waals surface area contributed by atoms with Crippen molar-refractivity contribution in [3.63, 3.8) is 0 Å². The molecule has 1 aliphatic heterocycles. The minimum absolute atomic E-state index is 0.0590. The molecule has 1 aliphatic rings. The fourth-order valence-electron chi connectivity index (χ4n) is 2.15. The smallest absolute Gasteiger partial charge is 0.237 e. The van der Waals surface area contributed by atoms with Crippen molar-refractivity contribution in [2.45, 2.75) is 17.1 Å². The number of anilines is 1. The Balaban J connectivity index is 1.70. The quantitative estimate of drug-likeness (QED) is 0.784. The molecule has 0 aliphatic carbocycles. The number of hydrogen-bond acceptors (Lipinski definition) is 4. The molecule has 2 aromatic rings. The van der Waals surface area contributed by atoms with Crippen LogP contribution in [0.15, 0.2) is 51.8 Å². The summed E-state index contributed by atoms with van der Waals surface area (Å²) in [6, 6.07) is 13.5. The van der Waals surface area contributed by atoms with E-state index in [0.717, 1.165) is 9.37 Å². The van der Waals surface area contributed by atoms with Crippen molar-refractivity contribution in [2.75, 3.05) is 18.5 Å². The van der Waals surface area contributed by atoms with Gasteiger partial charge in [0.1, 0.15) is 13.2 Å². The van der Waals surface area contributed by atoms with E-state index in [4.69, 9.17) is 9.47 Å². The molecule has 6 heteroatoms. The van der Waals surface area contributed by atoms with Gasteiger partial charge in [0.2, 0.25) is 5.91 Å². The summed E-state index contributed by atoms with van der Waals surface area (Å²) in [5.41, 5.74) is 0.680. The summed E-state index contributed by atoms with van der Waals surface area (Å²) in [5.74, 6) is 1.28. The van der Waals surface area contributed by atoms with Gasteiger partial charge < -0.3 is 14.8 Å².